The summed E-state index contributed by atoms with van der Waals surface area (Å²) in [5.74, 6) is 0.567. The lowest BCUT2D eigenvalue weighted by Crippen LogP contribution is -2.07. The molecule has 22 heavy (non-hydrogen) atoms. The van der Waals surface area contributed by atoms with Crippen LogP contribution in [0.25, 0.3) is 0 Å². The minimum absolute atomic E-state index is 0. The number of thiophene rings is 1. The highest BCUT2D eigenvalue weighted by Gasteiger charge is 2.14. The zero-order valence-electron chi connectivity index (χ0n) is 12.4. The first-order chi connectivity index (χ1) is 10.3. The minimum Gasteiger partial charge on any atom is -0.302 e. The second-order valence-corrected chi connectivity index (χ2v) is 6.43. The molecule has 0 atom stereocenters. The summed E-state index contributed by atoms with van der Waals surface area (Å²) in [5.41, 5.74) is 2.39. The summed E-state index contributed by atoms with van der Waals surface area (Å²) in [7, 11) is 0. The van der Waals surface area contributed by atoms with Crippen LogP contribution in [0.3, 0.4) is 0 Å². The van der Waals surface area contributed by atoms with Gasteiger partial charge in [0.25, 0.3) is 0 Å². The molecule has 0 saturated heterocycles. The molecular formula is C20H23NS. The van der Waals surface area contributed by atoms with E-state index in [0.29, 0.717) is 5.92 Å². The predicted octanol–water partition coefficient (Wildman–Crippen LogP) is 6.98. The lowest BCUT2D eigenvalue weighted by molar-refractivity contribution is 0.890. The Morgan fingerprint density at radius 1 is 0.727 bits per heavy atom. The van der Waals surface area contributed by atoms with Crippen LogP contribution in [0.4, 0.5) is 16.4 Å². The van der Waals surface area contributed by atoms with Gasteiger partial charge in [0.15, 0.2) is 0 Å². The molecular weight excluding hydrogens is 286 g/mol. The second-order valence-electron chi connectivity index (χ2n) is 5.34. The minimum atomic E-state index is 0. The van der Waals surface area contributed by atoms with Crippen molar-refractivity contribution in [3.05, 3.63) is 77.7 Å². The highest BCUT2D eigenvalue weighted by molar-refractivity contribution is 7.16. The number of rotatable bonds is 4. The zero-order valence-corrected chi connectivity index (χ0v) is 13.2. The number of hydrogen-bond donors (Lipinski definition) is 0. The van der Waals surface area contributed by atoms with E-state index in [1.807, 2.05) is 11.3 Å². The second kappa shape index (κ2) is 7.28. The standard InChI is InChI=1S/C19H19NS.CH4/c1-15(2)18-13-14-19(21-18)20(16-9-5-3-6-10-16)17-11-7-4-8-12-17;/h3-15H,1-2H3;1H4. The van der Waals surface area contributed by atoms with E-state index in [2.05, 4.69) is 91.5 Å². The monoisotopic (exact) mass is 309 g/mol. The average Bonchev–Trinajstić information content (AvgIpc) is 3.00. The Hall–Kier alpha value is -2.06. The smallest absolute Gasteiger partial charge is 0.100 e. The van der Waals surface area contributed by atoms with Gasteiger partial charge in [-0.25, -0.2) is 0 Å². The average molecular weight is 309 g/mol. The van der Waals surface area contributed by atoms with E-state index >= 15 is 0 Å². The number of nitrogens with zero attached hydrogens (tertiary/aromatic N) is 1. The van der Waals surface area contributed by atoms with E-state index in [1.165, 1.54) is 21.3 Å². The van der Waals surface area contributed by atoms with Crippen LogP contribution in [0.15, 0.2) is 72.8 Å². The Kier molecular flexibility index (Phi) is 5.40. The maximum absolute atomic E-state index is 2.32. The zero-order chi connectivity index (χ0) is 14.7. The van der Waals surface area contributed by atoms with Gasteiger partial charge >= 0.3 is 0 Å². The highest BCUT2D eigenvalue weighted by Crippen LogP contribution is 2.40. The van der Waals surface area contributed by atoms with E-state index in [4.69, 9.17) is 0 Å². The van der Waals surface area contributed by atoms with E-state index in [1.54, 1.807) is 0 Å². The Labute approximate surface area is 137 Å². The number of anilines is 3. The lowest BCUT2D eigenvalue weighted by Gasteiger charge is -2.23. The van der Waals surface area contributed by atoms with Gasteiger partial charge in [-0.2, -0.15) is 0 Å². The molecule has 0 spiro atoms. The first-order valence-electron chi connectivity index (χ1n) is 7.25. The molecule has 0 aliphatic rings. The number of para-hydroxylation sites is 2. The molecule has 2 aromatic carbocycles. The summed E-state index contributed by atoms with van der Waals surface area (Å²) in [4.78, 5) is 3.73. The molecule has 0 amide bonds. The van der Waals surface area contributed by atoms with Gasteiger partial charge in [-0.1, -0.05) is 57.7 Å². The molecule has 1 aromatic heterocycles. The summed E-state index contributed by atoms with van der Waals surface area (Å²) in [5, 5.41) is 1.26. The van der Waals surface area contributed by atoms with Gasteiger partial charge in [-0.05, 0) is 42.3 Å². The third-order valence-corrected chi connectivity index (χ3v) is 4.80. The van der Waals surface area contributed by atoms with Crippen molar-refractivity contribution in [3.63, 3.8) is 0 Å². The van der Waals surface area contributed by atoms with Crippen LogP contribution in [0.2, 0.25) is 0 Å². The normalized spacial score (nSPS) is 10.3. The molecule has 0 aliphatic carbocycles. The molecule has 0 unspecified atom stereocenters. The molecule has 1 heterocycles. The van der Waals surface area contributed by atoms with Gasteiger partial charge < -0.3 is 4.90 Å². The van der Waals surface area contributed by atoms with Crippen LogP contribution < -0.4 is 4.90 Å². The predicted molar refractivity (Wildman–Crippen MR) is 99.8 cm³/mol. The fourth-order valence-corrected chi connectivity index (χ4v) is 3.38. The highest BCUT2D eigenvalue weighted by atomic mass is 32.1. The summed E-state index contributed by atoms with van der Waals surface area (Å²) in [6.45, 7) is 4.48. The van der Waals surface area contributed by atoms with Crippen LogP contribution in [0.1, 0.15) is 32.1 Å². The third-order valence-electron chi connectivity index (χ3n) is 3.43. The molecule has 0 fully saturated rings. The molecule has 114 valence electrons. The molecule has 3 rings (SSSR count). The fourth-order valence-electron chi connectivity index (χ4n) is 2.33. The molecule has 0 N–H and O–H groups in total. The summed E-state index contributed by atoms with van der Waals surface area (Å²) >= 11 is 1.86. The number of benzene rings is 2. The topological polar surface area (TPSA) is 3.24 Å². The molecule has 0 radical (unpaired) electrons. The van der Waals surface area contributed by atoms with Crippen molar-refractivity contribution in [2.45, 2.75) is 27.2 Å². The first-order valence-corrected chi connectivity index (χ1v) is 8.07. The van der Waals surface area contributed by atoms with Crippen LogP contribution in [0, 0.1) is 0 Å². The van der Waals surface area contributed by atoms with Crippen molar-refractivity contribution in [3.8, 4) is 0 Å². The maximum atomic E-state index is 2.32. The maximum Gasteiger partial charge on any atom is 0.100 e. The summed E-state index contributed by atoms with van der Waals surface area (Å²) < 4.78 is 0. The number of hydrogen-bond acceptors (Lipinski definition) is 2. The van der Waals surface area contributed by atoms with Crippen molar-refractivity contribution in [1.82, 2.24) is 0 Å². The van der Waals surface area contributed by atoms with E-state index in [-0.39, 0.29) is 7.43 Å². The summed E-state index contributed by atoms with van der Waals surface area (Å²) in [6, 6.07) is 25.5. The van der Waals surface area contributed by atoms with Crippen molar-refractivity contribution in [2.75, 3.05) is 4.90 Å². The van der Waals surface area contributed by atoms with Gasteiger partial charge in [0.2, 0.25) is 0 Å². The van der Waals surface area contributed by atoms with E-state index < -0.39 is 0 Å². The molecule has 0 saturated carbocycles. The Balaban J connectivity index is 0.00000176. The van der Waals surface area contributed by atoms with Crippen molar-refractivity contribution in [2.24, 2.45) is 0 Å². The summed E-state index contributed by atoms with van der Waals surface area (Å²) in [6.07, 6.45) is 0. The Morgan fingerprint density at radius 3 is 1.64 bits per heavy atom. The van der Waals surface area contributed by atoms with Crippen LogP contribution >= 0.6 is 11.3 Å². The van der Waals surface area contributed by atoms with Crippen molar-refractivity contribution >= 4 is 27.7 Å². The van der Waals surface area contributed by atoms with Crippen LogP contribution in [-0.2, 0) is 0 Å². The molecule has 3 aromatic rings. The lowest BCUT2D eigenvalue weighted by atomic mass is 10.2. The molecule has 1 nitrogen and oxygen atoms in total. The van der Waals surface area contributed by atoms with E-state index in [9.17, 15) is 0 Å². The Morgan fingerprint density at radius 2 is 1.23 bits per heavy atom. The van der Waals surface area contributed by atoms with Gasteiger partial charge in [0.05, 0.1) is 0 Å². The van der Waals surface area contributed by atoms with Gasteiger partial charge in [-0.15, -0.1) is 11.3 Å². The fraction of sp³-hybridized carbons (Fsp3) is 0.200. The van der Waals surface area contributed by atoms with Gasteiger partial charge in [-0.3, -0.25) is 0 Å². The largest absolute Gasteiger partial charge is 0.302 e. The van der Waals surface area contributed by atoms with Gasteiger partial charge in [0.1, 0.15) is 5.00 Å². The van der Waals surface area contributed by atoms with Gasteiger partial charge in [0, 0.05) is 16.3 Å². The van der Waals surface area contributed by atoms with Crippen LogP contribution in [-0.4, -0.2) is 0 Å². The van der Waals surface area contributed by atoms with Crippen molar-refractivity contribution in [1.29, 1.82) is 0 Å². The third kappa shape index (κ3) is 3.40. The van der Waals surface area contributed by atoms with Crippen molar-refractivity contribution < 1.29 is 0 Å². The SMILES string of the molecule is C.CC(C)c1ccc(N(c2ccccc2)c2ccccc2)s1. The molecule has 0 bridgehead atoms. The molecule has 2 heteroatoms. The molecule has 0 aliphatic heterocycles. The first kappa shape index (κ1) is 16.3. The Bertz CT molecular complexity index is 646. The van der Waals surface area contributed by atoms with Crippen LogP contribution in [0.5, 0.6) is 0 Å². The van der Waals surface area contributed by atoms with E-state index in [0.717, 1.165) is 0 Å². The quantitative estimate of drug-likeness (QED) is 0.502.